The largest absolute Gasteiger partial charge is 0.433 e. The Morgan fingerprint density at radius 3 is 2.47 bits per heavy atom. The van der Waals surface area contributed by atoms with Crippen LogP contribution >= 0.6 is 0 Å². The van der Waals surface area contributed by atoms with Crippen molar-refractivity contribution in [3.8, 4) is 22.8 Å². The van der Waals surface area contributed by atoms with Crippen LogP contribution in [0.25, 0.3) is 33.8 Å². The van der Waals surface area contributed by atoms with Gasteiger partial charge in [0.2, 0.25) is 0 Å². The molecule has 0 aliphatic carbocycles. The van der Waals surface area contributed by atoms with Crippen molar-refractivity contribution in [2.45, 2.75) is 6.18 Å². The molecule has 0 fully saturated rings. The van der Waals surface area contributed by atoms with Crippen LogP contribution in [0.1, 0.15) is 5.69 Å². The summed E-state index contributed by atoms with van der Waals surface area (Å²) in [7, 11) is 0. The van der Waals surface area contributed by atoms with Gasteiger partial charge in [-0.3, -0.25) is 4.98 Å². The number of H-pyrrole nitrogens is 1. The molecule has 4 aromatic heterocycles. The molecule has 0 atom stereocenters. The predicted molar refractivity (Wildman–Crippen MR) is 113 cm³/mol. The highest BCUT2D eigenvalue weighted by molar-refractivity contribution is 5.79. The van der Waals surface area contributed by atoms with Crippen LogP contribution in [-0.4, -0.2) is 29.9 Å². The molecule has 5 aromatic rings. The van der Waals surface area contributed by atoms with E-state index in [4.69, 9.17) is 0 Å². The third kappa shape index (κ3) is 3.97. The number of hydrogen-bond donors (Lipinski definition) is 2. The molecule has 0 bridgehead atoms. The molecule has 0 spiro atoms. The Hall–Kier alpha value is -4.34. The van der Waals surface area contributed by atoms with E-state index in [2.05, 4.69) is 35.2 Å². The zero-order chi connectivity index (χ0) is 22.1. The Labute approximate surface area is 179 Å². The standard InChI is InChI=1S/C22H14F3N7/c23-22(24,25)19-9-16-18(11-28-19)32-21(31-16)13-4-3-5-14(8-13)30-20-12-27-17(10-29-20)15-6-1-2-7-26-15/h1-12H,(H,29,30)(H,31,32). The van der Waals surface area contributed by atoms with Gasteiger partial charge in [0.15, 0.2) is 0 Å². The lowest BCUT2D eigenvalue weighted by Crippen LogP contribution is -2.07. The minimum Gasteiger partial charge on any atom is -0.339 e. The highest BCUT2D eigenvalue weighted by atomic mass is 19.4. The van der Waals surface area contributed by atoms with Gasteiger partial charge in [0, 0.05) is 17.4 Å². The molecule has 5 rings (SSSR count). The average Bonchev–Trinajstić information content (AvgIpc) is 3.23. The summed E-state index contributed by atoms with van der Waals surface area (Å²) in [5, 5.41) is 3.16. The lowest BCUT2D eigenvalue weighted by Gasteiger charge is -2.07. The van der Waals surface area contributed by atoms with Gasteiger partial charge in [0.25, 0.3) is 0 Å². The molecule has 32 heavy (non-hydrogen) atoms. The molecule has 2 N–H and O–H groups in total. The zero-order valence-electron chi connectivity index (χ0n) is 16.3. The van der Waals surface area contributed by atoms with Gasteiger partial charge in [0.05, 0.1) is 35.3 Å². The van der Waals surface area contributed by atoms with Gasteiger partial charge in [0.1, 0.15) is 23.0 Å². The van der Waals surface area contributed by atoms with E-state index in [1.54, 1.807) is 30.7 Å². The lowest BCUT2D eigenvalue weighted by molar-refractivity contribution is -0.141. The second-order valence-electron chi connectivity index (χ2n) is 6.88. The number of halogens is 3. The smallest absolute Gasteiger partial charge is 0.339 e. The van der Waals surface area contributed by atoms with E-state index >= 15 is 0 Å². The first-order chi connectivity index (χ1) is 15.5. The van der Waals surface area contributed by atoms with Crippen molar-refractivity contribution in [3.05, 3.63) is 79.0 Å². The van der Waals surface area contributed by atoms with Crippen LogP contribution in [0.2, 0.25) is 0 Å². The van der Waals surface area contributed by atoms with Gasteiger partial charge >= 0.3 is 6.18 Å². The maximum absolute atomic E-state index is 12.9. The van der Waals surface area contributed by atoms with Crippen LogP contribution < -0.4 is 5.32 Å². The minimum absolute atomic E-state index is 0.191. The first-order valence-electron chi connectivity index (χ1n) is 9.49. The van der Waals surface area contributed by atoms with Crippen LogP contribution in [0.4, 0.5) is 24.7 Å². The summed E-state index contributed by atoms with van der Waals surface area (Å²) in [5.41, 5.74) is 2.42. The summed E-state index contributed by atoms with van der Waals surface area (Å²) in [5.74, 6) is 0.965. The lowest BCUT2D eigenvalue weighted by atomic mass is 10.2. The van der Waals surface area contributed by atoms with Gasteiger partial charge in [-0.15, -0.1) is 0 Å². The molecule has 7 nitrogen and oxygen atoms in total. The average molecular weight is 433 g/mol. The fraction of sp³-hybridized carbons (Fsp3) is 0.0455. The fourth-order valence-electron chi connectivity index (χ4n) is 3.13. The molecule has 158 valence electrons. The molecule has 0 amide bonds. The number of anilines is 2. The van der Waals surface area contributed by atoms with E-state index in [-0.39, 0.29) is 5.52 Å². The van der Waals surface area contributed by atoms with Crippen LogP contribution in [0.3, 0.4) is 0 Å². The molecule has 4 heterocycles. The van der Waals surface area contributed by atoms with Crippen molar-refractivity contribution in [1.29, 1.82) is 0 Å². The van der Waals surface area contributed by atoms with Crippen molar-refractivity contribution in [3.63, 3.8) is 0 Å². The maximum atomic E-state index is 12.9. The number of nitrogens with zero attached hydrogens (tertiary/aromatic N) is 5. The van der Waals surface area contributed by atoms with E-state index in [9.17, 15) is 13.2 Å². The zero-order valence-corrected chi connectivity index (χ0v) is 16.3. The SMILES string of the molecule is FC(F)(F)c1cc2nc(-c3cccc(Nc4cnc(-c5ccccn5)cn4)c3)[nH]c2cn1. The van der Waals surface area contributed by atoms with E-state index in [1.807, 2.05) is 30.3 Å². The summed E-state index contributed by atoms with van der Waals surface area (Å²) in [6, 6.07) is 13.7. The number of hydrogen-bond acceptors (Lipinski definition) is 6. The third-order valence-electron chi connectivity index (χ3n) is 4.65. The predicted octanol–water partition coefficient (Wildman–Crippen LogP) is 5.24. The molecule has 1 aromatic carbocycles. The van der Waals surface area contributed by atoms with Gasteiger partial charge in [-0.2, -0.15) is 13.2 Å². The number of pyridine rings is 2. The van der Waals surface area contributed by atoms with Crippen molar-refractivity contribution >= 4 is 22.5 Å². The molecular weight excluding hydrogens is 419 g/mol. The Balaban J connectivity index is 1.39. The van der Waals surface area contributed by atoms with Crippen LogP contribution in [0, 0.1) is 0 Å². The Morgan fingerprint density at radius 2 is 1.72 bits per heavy atom. The molecule has 10 heteroatoms. The molecule has 0 unspecified atom stereocenters. The number of aromatic amines is 1. The van der Waals surface area contributed by atoms with Gasteiger partial charge in [-0.25, -0.2) is 19.9 Å². The molecule has 0 radical (unpaired) electrons. The topological polar surface area (TPSA) is 92.3 Å². The quantitative estimate of drug-likeness (QED) is 0.403. The second kappa shape index (κ2) is 7.73. The van der Waals surface area contributed by atoms with Gasteiger partial charge in [-0.05, 0) is 30.3 Å². The normalized spacial score (nSPS) is 11.6. The van der Waals surface area contributed by atoms with Crippen LogP contribution in [-0.2, 0) is 6.18 Å². The summed E-state index contributed by atoms with van der Waals surface area (Å²) in [6.45, 7) is 0. The fourth-order valence-corrected chi connectivity index (χ4v) is 3.13. The number of benzene rings is 1. The summed E-state index contributed by atoms with van der Waals surface area (Å²) >= 11 is 0. The first-order valence-corrected chi connectivity index (χ1v) is 9.49. The number of fused-ring (bicyclic) bond motifs is 1. The molecular formula is C22H14F3N7. The summed E-state index contributed by atoms with van der Waals surface area (Å²) in [4.78, 5) is 23.7. The van der Waals surface area contributed by atoms with E-state index in [0.29, 0.717) is 28.4 Å². The minimum atomic E-state index is -4.52. The molecule has 0 aliphatic heterocycles. The van der Waals surface area contributed by atoms with Crippen molar-refractivity contribution < 1.29 is 13.2 Å². The van der Waals surface area contributed by atoms with E-state index in [0.717, 1.165) is 23.6 Å². The Morgan fingerprint density at radius 1 is 0.812 bits per heavy atom. The Bertz CT molecular complexity index is 1380. The van der Waals surface area contributed by atoms with E-state index < -0.39 is 11.9 Å². The number of imidazole rings is 1. The highest BCUT2D eigenvalue weighted by Gasteiger charge is 2.32. The van der Waals surface area contributed by atoms with Crippen molar-refractivity contribution in [1.82, 2.24) is 29.9 Å². The van der Waals surface area contributed by atoms with Crippen LogP contribution in [0.5, 0.6) is 0 Å². The third-order valence-corrected chi connectivity index (χ3v) is 4.65. The van der Waals surface area contributed by atoms with Gasteiger partial charge < -0.3 is 10.3 Å². The van der Waals surface area contributed by atoms with Crippen LogP contribution in [0.15, 0.2) is 73.3 Å². The molecule has 0 saturated carbocycles. The number of alkyl halides is 3. The number of nitrogens with one attached hydrogen (secondary N) is 2. The number of aromatic nitrogens is 6. The number of rotatable bonds is 4. The monoisotopic (exact) mass is 433 g/mol. The summed E-state index contributed by atoms with van der Waals surface area (Å²) < 4.78 is 38.7. The maximum Gasteiger partial charge on any atom is 0.433 e. The summed E-state index contributed by atoms with van der Waals surface area (Å²) in [6.07, 6.45) is 1.52. The van der Waals surface area contributed by atoms with Crippen molar-refractivity contribution in [2.75, 3.05) is 5.32 Å². The molecule has 0 saturated heterocycles. The van der Waals surface area contributed by atoms with Gasteiger partial charge in [-0.1, -0.05) is 18.2 Å². The first kappa shape index (κ1) is 19.6. The Kier molecular flexibility index (Phi) is 4.74. The van der Waals surface area contributed by atoms with Crippen molar-refractivity contribution in [2.24, 2.45) is 0 Å². The molecule has 0 aliphatic rings. The highest BCUT2D eigenvalue weighted by Crippen LogP contribution is 2.30. The van der Waals surface area contributed by atoms with E-state index in [1.165, 1.54) is 0 Å². The second-order valence-corrected chi connectivity index (χ2v) is 6.88.